The third-order valence-electron chi connectivity index (χ3n) is 3.79. The lowest BCUT2D eigenvalue weighted by Gasteiger charge is -2.27. The molecule has 0 bridgehead atoms. The Morgan fingerprint density at radius 3 is 3.05 bits per heavy atom. The zero-order valence-corrected chi connectivity index (χ0v) is 12.4. The standard InChI is InChI=1S/C16H23N3O/c1-14-13-18(2)7-4-8-19(14)9-10-20-16-6-3-5-15(11-16)12-17/h3,5-6,11,14H,4,7-10,13H2,1-2H3. The molecule has 4 heteroatoms. The van der Waals surface area contributed by atoms with Gasteiger partial charge >= 0.3 is 0 Å². The number of hydrogen-bond donors (Lipinski definition) is 0. The summed E-state index contributed by atoms with van der Waals surface area (Å²) in [6.45, 7) is 7.30. The number of likely N-dealkylation sites (N-methyl/N-ethyl adjacent to an activating group) is 1. The van der Waals surface area contributed by atoms with Crippen LogP contribution in [0.15, 0.2) is 24.3 Å². The normalized spacial score (nSPS) is 21.1. The van der Waals surface area contributed by atoms with Gasteiger partial charge in [-0.05, 0) is 51.7 Å². The van der Waals surface area contributed by atoms with Crippen LogP contribution in [0, 0.1) is 11.3 Å². The number of nitrogens with zero attached hydrogens (tertiary/aromatic N) is 3. The SMILES string of the molecule is CC1CN(C)CCCN1CCOc1cccc(C#N)c1. The molecule has 0 aliphatic carbocycles. The molecule has 1 fully saturated rings. The minimum Gasteiger partial charge on any atom is -0.492 e. The lowest BCUT2D eigenvalue weighted by atomic mass is 10.2. The van der Waals surface area contributed by atoms with Crippen molar-refractivity contribution < 1.29 is 4.74 Å². The van der Waals surface area contributed by atoms with Crippen molar-refractivity contribution in [2.24, 2.45) is 0 Å². The van der Waals surface area contributed by atoms with Crippen molar-refractivity contribution in [3.63, 3.8) is 0 Å². The highest BCUT2D eigenvalue weighted by atomic mass is 16.5. The minimum atomic E-state index is 0.566. The molecule has 0 N–H and O–H groups in total. The molecule has 1 aromatic rings. The lowest BCUT2D eigenvalue weighted by molar-refractivity contribution is 0.166. The lowest BCUT2D eigenvalue weighted by Crippen LogP contribution is -2.40. The van der Waals surface area contributed by atoms with Crippen molar-refractivity contribution in [2.75, 3.05) is 39.8 Å². The highest BCUT2D eigenvalue weighted by Gasteiger charge is 2.18. The number of ether oxygens (including phenoxy) is 1. The Hall–Kier alpha value is -1.57. The molecule has 20 heavy (non-hydrogen) atoms. The molecule has 0 aromatic heterocycles. The van der Waals surface area contributed by atoms with Crippen LogP contribution in [0.1, 0.15) is 18.9 Å². The van der Waals surface area contributed by atoms with Crippen molar-refractivity contribution in [3.8, 4) is 11.8 Å². The molecule has 0 spiro atoms. The van der Waals surface area contributed by atoms with Crippen LogP contribution in [-0.4, -0.2) is 55.7 Å². The molecule has 4 nitrogen and oxygen atoms in total. The molecule has 1 heterocycles. The molecule has 1 aromatic carbocycles. The molecular weight excluding hydrogens is 250 g/mol. The van der Waals surface area contributed by atoms with Crippen LogP contribution in [0.5, 0.6) is 5.75 Å². The van der Waals surface area contributed by atoms with Crippen molar-refractivity contribution in [1.82, 2.24) is 9.80 Å². The van der Waals surface area contributed by atoms with Crippen LogP contribution in [-0.2, 0) is 0 Å². The fourth-order valence-electron chi connectivity index (χ4n) is 2.69. The van der Waals surface area contributed by atoms with Gasteiger partial charge in [-0.1, -0.05) is 6.07 Å². The molecular formula is C16H23N3O. The van der Waals surface area contributed by atoms with Crippen molar-refractivity contribution >= 4 is 0 Å². The van der Waals surface area contributed by atoms with Crippen molar-refractivity contribution in [3.05, 3.63) is 29.8 Å². The quantitative estimate of drug-likeness (QED) is 0.841. The van der Waals surface area contributed by atoms with Gasteiger partial charge in [-0.15, -0.1) is 0 Å². The summed E-state index contributed by atoms with van der Waals surface area (Å²) in [6, 6.07) is 10.0. The third-order valence-corrected chi connectivity index (χ3v) is 3.79. The second-order valence-corrected chi connectivity index (χ2v) is 5.49. The Morgan fingerprint density at radius 1 is 1.40 bits per heavy atom. The number of benzene rings is 1. The van der Waals surface area contributed by atoms with E-state index in [1.807, 2.05) is 12.1 Å². The third kappa shape index (κ3) is 4.22. The highest BCUT2D eigenvalue weighted by Crippen LogP contribution is 2.13. The van der Waals surface area contributed by atoms with Crippen molar-refractivity contribution in [2.45, 2.75) is 19.4 Å². The summed E-state index contributed by atoms with van der Waals surface area (Å²) in [7, 11) is 2.18. The molecule has 0 amide bonds. The number of hydrogen-bond acceptors (Lipinski definition) is 4. The largest absolute Gasteiger partial charge is 0.492 e. The van der Waals surface area contributed by atoms with Crippen LogP contribution in [0.3, 0.4) is 0 Å². The molecule has 108 valence electrons. The van der Waals surface area contributed by atoms with Gasteiger partial charge in [0.15, 0.2) is 0 Å². The zero-order valence-electron chi connectivity index (χ0n) is 12.4. The van der Waals surface area contributed by atoms with Gasteiger partial charge in [0, 0.05) is 19.1 Å². The highest BCUT2D eigenvalue weighted by molar-refractivity contribution is 5.36. The summed E-state index contributed by atoms with van der Waals surface area (Å²) in [6.07, 6.45) is 1.21. The topological polar surface area (TPSA) is 39.5 Å². The Balaban J connectivity index is 1.81. The zero-order chi connectivity index (χ0) is 14.4. The first-order valence-electron chi connectivity index (χ1n) is 7.24. The summed E-state index contributed by atoms with van der Waals surface area (Å²) >= 11 is 0. The molecule has 1 saturated heterocycles. The van der Waals surface area contributed by atoms with Crippen LogP contribution >= 0.6 is 0 Å². The number of rotatable bonds is 4. The second kappa shape index (κ2) is 7.28. The molecule has 1 aliphatic heterocycles. The van der Waals surface area contributed by atoms with Gasteiger partial charge in [0.25, 0.3) is 0 Å². The van der Waals surface area contributed by atoms with Gasteiger partial charge in [-0.3, -0.25) is 4.90 Å². The van der Waals surface area contributed by atoms with E-state index in [2.05, 4.69) is 29.8 Å². The maximum atomic E-state index is 8.86. The van der Waals surface area contributed by atoms with E-state index < -0.39 is 0 Å². The van der Waals surface area contributed by atoms with E-state index >= 15 is 0 Å². The fraction of sp³-hybridized carbons (Fsp3) is 0.562. The first-order chi connectivity index (χ1) is 9.69. The van der Waals surface area contributed by atoms with E-state index in [1.165, 1.54) is 13.0 Å². The Morgan fingerprint density at radius 2 is 2.25 bits per heavy atom. The second-order valence-electron chi connectivity index (χ2n) is 5.49. The van der Waals surface area contributed by atoms with E-state index in [1.54, 1.807) is 12.1 Å². The van der Waals surface area contributed by atoms with E-state index in [0.717, 1.165) is 25.4 Å². The monoisotopic (exact) mass is 273 g/mol. The summed E-state index contributed by atoms with van der Waals surface area (Å²) in [4.78, 5) is 4.87. The first-order valence-corrected chi connectivity index (χ1v) is 7.24. The summed E-state index contributed by atoms with van der Waals surface area (Å²) in [5.74, 6) is 0.781. The van der Waals surface area contributed by atoms with Gasteiger partial charge in [0.1, 0.15) is 12.4 Å². The van der Waals surface area contributed by atoms with Crippen LogP contribution < -0.4 is 4.74 Å². The van der Waals surface area contributed by atoms with Gasteiger partial charge in [0.05, 0.1) is 11.6 Å². The van der Waals surface area contributed by atoms with Crippen LogP contribution in [0.25, 0.3) is 0 Å². The van der Waals surface area contributed by atoms with E-state index in [9.17, 15) is 0 Å². The van der Waals surface area contributed by atoms with Gasteiger partial charge in [0.2, 0.25) is 0 Å². The molecule has 2 rings (SSSR count). The fourth-order valence-corrected chi connectivity index (χ4v) is 2.69. The maximum absolute atomic E-state index is 8.86. The molecule has 1 unspecified atom stereocenters. The Labute approximate surface area is 121 Å². The van der Waals surface area contributed by atoms with Crippen LogP contribution in [0.4, 0.5) is 0 Å². The van der Waals surface area contributed by atoms with Gasteiger partial charge in [-0.2, -0.15) is 5.26 Å². The predicted octanol–water partition coefficient (Wildman–Crippen LogP) is 1.96. The molecule has 0 saturated carbocycles. The van der Waals surface area contributed by atoms with Gasteiger partial charge < -0.3 is 9.64 Å². The Kier molecular flexibility index (Phi) is 5.40. The van der Waals surface area contributed by atoms with Gasteiger partial charge in [-0.25, -0.2) is 0 Å². The average Bonchev–Trinajstić information content (AvgIpc) is 2.60. The summed E-state index contributed by atoms with van der Waals surface area (Å²) in [5, 5.41) is 8.86. The summed E-state index contributed by atoms with van der Waals surface area (Å²) in [5.41, 5.74) is 0.646. The van der Waals surface area contributed by atoms with Crippen molar-refractivity contribution in [1.29, 1.82) is 5.26 Å². The molecule has 1 aliphatic rings. The maximum Gasteiger partial charge on any atom is 0.120 e. The van der Waals surface area contributed by atoms with E-state index in [4.69, 9.17) is 10.00 Å². The summed E-state index contributed by atoms with van der Waals surface area (Å²) < 4.78 is 5.76. The van der Waals surface area contributed by atoms with E-state index in [0.29, 0.717) is 18.2 Å². The number of nitriles is 1. The first kappa shape index (κ1) is 14.8. The minimum absolute atomic E-state index is 0.566. The molecule has 1 atom stereocenters. The average molecular weight is 273 g/mol. The predicted molar refractivity (Wildman–Crippen MR) is 79.8 cm³/mol. The van der Waals surface area contributed by atoms with E-state index in [-0.39, 0.29) is 0 Å². The molecule has 0 radical (unpaired) electrons. The Bertz CT molecular complexity index is 469. The van der Waals surface area contributed by atoms with Crippen LogP contribution in [0.2, 0.25) is 0 Å². The smallest absolute Gasteiger partial charge is 0.120 e.